The molecule has 0 heterocycles. The molecule has 3 nitrogen and oxygen atoms in total. The van der Waals surface area contributed by atoms with E-state index in [1.54, 1.807) is 7.11 Å². The van der Waals surface area contributed by atoms with Gasteiger partial charge in [0.25, 0.3) is 0 Å². The van der Waals surface area contributed by atoms with E-state index in [-0.39, 0.29) is 5.41 Å². The highest BCUT2D eigenvalue weighted by Crippen LogP contribution is 2.57. The molecule has 94 valence electrons. The van der Waals surface area contributed by atoms with E-state index in [9.17, 15) is 5.11 Å². The minimum atomic E-state index is 0.190. The fraction of sp³-hybridized carbons (Fsp3) is 1.00. The summed E-state index contributed by atoms with van der Waals surface area (Å²) in [5.74, 6) is 1.64. The molecular formula is C13H24O3. The predicted molar refractivity (Wildman–Crippen MR) is 62.3 cm³/mol. The zero-order chi connectivity index (χ0) is 11.4. The fourth-order valence-corrected chi connectivity index (χ4v) is 3.66. The molecule has 2 fully saturated rings. The Morgan fingerprint density at radius 2 is 2.12 bits per heavy atom. The quantitative estimate of drug-likeness (QED) is 0.676. The molecule has 0 aromatic carbocycles. The van der Waals surface area contributed by atoms with Crippen molar-refractivity contribution >= 4 is 0 Å². The van der Waals surface area contributed by atoms with Crippen molar-refractivity contribution in [1.29, 1.82) is 0 Å². The van der Waals surface area contributed by atoms with Gasteiger partial charge in [0.05, 0.1) is 13.2 Å². The van der Waals surface area contributed by atoms with Gasteiger partial charge >= 0.3 is 0 Å². The first-order chi connectivity index (χ1) is 7.80. The number of aliphatic hydroxyl groups excluding tert-OH is 1. The van der Waals surface area contributed by atoms with Gasteiger partial charge in [-0.15, -0.1) is 0 Å². The largest absolute Gasteiger partial charge is 0.396 e. The van der Waals surface area contributed by atoms with Crippen LogP contribution >= 0.6 is 0 Å². The van der Waals surface area contributed by atoms with Crippen LogP contribution in [0.1, 0.15) is 32.1 Å². The second kappa shape index (κ2) is 5.48. The standard InChI is InChI=1S/C13H24O3/c1-15-6-7-16-5-4-13(10-14)9-11-2-3-12(13)8-11/h11-12,14H,2-10H2,1H3. The molecule has 2 aliphatic carbocycles. The Kier molecular flexibility index (Phi) is 4.22. The Labute approximate surface area is 98.1 Å². The highest BCUT2D eigenvalue weighted by molar-refractivity contribution is 4.99. The Morgan fingerprint density at radius 3 is 2.69 bits per heavy atom. The van der Waals surface area contributed by atoms with Crippen LogP contribution < -0.4 is 0 Å². The third kappa shape index (κ3) is 2.41. The van der Waals surface area contributed by atoms with E-state index < -0.39 is 0 Å². The van der Waals surface area contributed by atoms with Crippen molar-refractivity contribution in [2.75, 3.05) is 33.5 Å². The van der Waals surface area contributed by atoms with Gasteiger partial charge in [0.1, 0.15) is 0 Å². The van der Waals surface area contributed by atoms with E-state index in [1.807, 2.05) is 0 Å². The molecule has 0 radical (unpaired) electrons. The number of fused-ring (bicyclic) bond motifs is 2. The average molecular weight is 228 g/mol. The number of methoxy groups -OCH3 is 1. The lowest BCUT2D eigenvalue weighted by atomic mass is 9.71. The molecule has 1 N–H and O–H groups in total. The Balaban J connectivity index is 1.73. The summed E-state index contributed by atoms with van der Waals surface area (Å²) in [5.41, 5.74) is 0.190. The summed E-state index contributed by atoms with van der Waals surface area (Å²) in [6.07, 6.45) is 6.30. The van der Waals surface area contributed by atoms with Crippen LogP contribution in [0.4, 0.5) is 0 Å². The van der Waals surface area contributed by atoms with E-state index in [1.165, 1.54) is 25.7 Å². The van der Waals surface area contributed by atoms with E-state index in [2.05, 4.69) is 0 Å². The molecular weight excluding hydrogens is 204 g/mol. The Morgan fingerprint density at radius 1 is 1.25 bits per heavy atom. The van der Waals surface area contributed by atoms with Gasteiger partial charge in [0.2, 0.25) is 0 Å². The molecule has 3 atom stereocenters. The molecule has 2 rings (SSSR count). The van der Waals surface area contributed by atoms with E-state index in [0.29, 0.717) is 19.8 Å². The van der Waals surface area contributed by atoms with Gasteiger partial charge in [-0.2, -0.15) is 0 Å². The third-order valence-corrected chi connectivity index (χ3v) is 4.59. The van der Waals surface area contributed by atoms with Gasteiger partial charge in [0.15, 0.2) is 0 Å². The van der Waals surface area contributed by atoms with E-state index in [4.69, 9.17) is 9.47 Å². The van der Waals surface area contributed by atoms with Crippen LogP contribution in [0.3, 0.4) is 0 Å². The van der Waals surface area contributed by atoms with E-state index >= 15 is 0 Å². The summed E-state index contributed by atoms with van der Waals surface area (Å²) in [5, 5.41) is 9.66. The zero-order valence-electron chi connectivity index (χ0n) is 10.3. The lowest BCUT2D eigenvalue weighted by molar-refractivity contribution is 0.00774. The molecule has 2 bridgehead atoms. The second-order valence-corrected chi connectivity index (χ2v) is 5.46. The molecule has 0 aromatic rings. The second-order valence-electron chi connectivity index (χ2n) is 5.46. The van der Waals surface area contributed by atoms with Crippen LogP contribution in [0.2, 0.25) is 0 Å². The highest BCUT2D eigenvalue weighted by Gasteiger charge is 2.49. The van der Waals surface area contributed by atoms with Gasteiger partial charge < -0.3 is 14.6 Å². The van der Waals surface area contributed by atoms with Crippen molar-refractivity contribution in [3.05, 3.63) is 0 Å². The topological polar surface area (TPSA) is 38.7 Å². The summed E-state index contributed by atoms with van der Waals surface area (Å²) < 4.78 is 10.5. The van der Waals surface area contributed by atoms with Gasteiger partial charge in [-0.1, -0.05) is 6.42 Å². The van der Waals surface area contributed by atoms with Gasteiger partial charge in [-0.3, -0.25) is 0 Å². The van der Waals surface area contributed by atoms with Crippen LogP contribution in [0.5, 0.6) is 0 Å². The van der Waals surface area contributed by atoms with Crippen LogP contribution in [-0.4, -0.2) is 38.6 Å². The minimum absolute atomic E-state index is 0.190. The normalized spacial score (nSPS) is 37.1. The molecule has 16 heavy (non-hydrogen) atoms. The first-order valence-corrected chi connectivity index (χ1v) is 6.48. The monoisotopic (exact) mass is 228 g/mol. The molecule has 2 aliphatic rings. The van der Waals surface area contributed by atoms with Crippen LogP contribution in [0.15, 0.2) is 0 Å². The summed E-state index contributed by atoms with van der Waals surface area (Å²) in [7, 11) is 1.69. The zero-order valence-corrected chi connectivity index (χ0v) is 10.3. The van der Waals surface area contributed by atoms with Crippen molar-refractivity contribution in [2.45, 2.75) is 32.1 Å². The molecule has 0 aliphatic heterocycles. The first-order valence-electron chi connectivity index (χ1n) is 6.48. The van der Waals surface area contributed by atoms with Crippen LogP contribution in [-0.2, 0) is 9.47 Å². The highest BCUT2D eigenvalue weighted by atomic mass is 16.5. The van der Waals surface area contributed by atoms with Crippen molar-refractivity contribution in [1.82, 2.24) is 0 Å². The number of hydrogen-bond donors (Lipinski definition) is 1. The Bertz CT molecular complexity index is 219. The fourth-order valence-electron chi connectivity index (χ4n) is 3.66. The molecule has 0 spiro atoms. The molecule has 3 unspecified atom stereocenters. The molecule has 0 saturated heterocycles. The maximum atomic E-state index is 9.66. The summed E-state index contributed by atoms with van der Waals surface area (Å²) >= 11 is 0. The molecule has 2 saturated carbocycles. The van der Waals surface area contributed by atoms with Crippen molar-refractivity contribution < 1.29 is 14.6 Å². The van der Waals surface area contributed by atoms with Crippen molar-refractivity contribution in [2.24, 2.45) is 17.3 Å². The van der Waals surface area contributed by atoms with Crippen LogP contribution in [0.25, 0.3) is 0 Å². The maximum absolute atomic E-state index is 9.66. The smallest absolute Gasteiger partial charge is 0.0700 e. The SMILES string of the molecule is COCCOCCC1(CO)CC2CCC1C2. The Hall–Kier alpha value is -0.120. The lowest BCUT2D eigenvalue weighted by Crippen LogP contribution is -2.33. The van der Waals surface area contributed by atoms with Crippen molar-refractivity contribution in [3.8, 4) is 0 Å². The summed E-state index contributed by atoms with van der Waals surface area (Å²) in [4.78, 5) is 0. The summed E-state index contributed by atoms with van der Waals surface area (Å²) in [6, 6.07) is 0. The molecule has 0 amide bonds. The van der Waals surface area contributed by atoms with Gasteiger partial charge in [0, 0.05) is 20.3 Å². The molecule has 3 heteroatoms. The van der Waals surface area contributed by atoms with E-state index in [0.717, 1.165) is 24.9 Å². The lowest BCUT2D eigenvalue weighted by Gasteiger charge is -2.36. The number of hydrogen-bond acceptors (Lipinski definition) is 3. The first kappa shape index (κ1) is 12.3. The van der Waals surface area contributed by atoms with Gasteiger partial charge in [-0.05, 0) is 42.9 Å². The number of rotatable bonds is 7. The third-order valence-electron chi connectivity index (χ3n) is 4.59. The maximum Gasteiger partial charge on any atom is 0.0700 e. The minimum Gasteiger partial charge on any atom is -0.396 e. The molecule has 0 aromatic heterocycles. The van der Waals surface area contributed by atoms with Crippen LogP contribution in [0, 0.1) is 17.3 Å². The van der Waals surface area contributed by atoms with Crippen molar-refractivity contribution in [3.63, 3.8) is 0 Å². The summed E-state index contributed by atoms with van der Waals surface area (Å²) in [6.45, 7) is 2.46. The average Bonchev–Trinajstić information content (AvgIpc) is 2.89. The predicted octanol–water partition coefficient (Wildman–Crippen LogP) is 1.84. The number of aliphatic hydroxyl groups is 1. The van der Waals surface area contributed by atoms with Gasteiger partial charge in [-0.25, -0.2) is 0 Å². The number of ether oxygens (including phenoxy) is 2.